The largest absolute Gasteiger partial charge is 0.396 e. The summed E-state index contributed by atoms with van der Waals surface area (Å²) in [5, 5.41) is 13.9. The summed E-state index contributed by atoms with van der Waals surface area (Å²) >= 11 is 0. The van der Waals surface area contributed by atoms with Crippen LogP contribution >= 0.6 is 0 Å². The third-order valence-corrected chi connectivity index (χ3v) is 5.68. The number of nitrogens with one attached hydrogen (secondary N) is 1. The number of hydrogen-bond donors (Lipinski definition) is 2. The number of aromatic nitrogens is 1. The molecule has 0 bridgehead atoms. The lowest BCUT2D eigenvalue weighted by Crippen LogP contribution is -2.27. The molecule has 0 saturated heterocycles. The van der Waals surface area contributed by atoms with E-state index in [1.54, 1.807) is 0 Å². The topological polar surface area (TPSA) is 57.5 Å². The van der Waals surface area contributed by atoms with Crippen LogP contribution in [0.4, 0.5) is 0 Å². The van der Waals surface area contributed by atoms with E-state index in [0.717, 1.165) is 41.5 Å². The number of likely N-dealkylation sites (N-methyl/N-ethyl adjacent to an activating group) is 1. The lowest BCUT2D eigenvalue weighted by Gasteiger charge is -2.14. The molecule has 1 aliphatic carbocycles. The lowest BCUT2D eigenvalue weighted by atomic mass is 10.0. The summed E-state index contributed by atoms with van der Waals surface area (Å²) < 4.78 is 2.16. The predicted octanol–water partition coefficient (Wildman–Crippen LogP) is 3.15. The van der Waals surface area contributed by atoms with Gasteiger partial charge in [-0.1, -0.05) is 42.5 Å². The van der Waals surface area contributed by atoms with Gasteiger partial charge >= 0.3 is 0 Å². The van der Waals surface area contributed by atoms with Gasteiger partial charge in [0.2, 0.25) is 0 Å². The number of fused-ring (bicyclic) bond motifs is 2. The van der Waals surface area contributed by atoms with Gasteiger partial charge in [-0.15, -0.1) is 0 Å². The van der Waals surface area contributed by atoms with Gasteiger partial charge in [0, 0.05) is 36.1 Å². The summed E-state index contributed by atoms with van der Waals surface area (Å²) in [6, 6.07) is 16.1. The molecule has 146 valence electrons. The molecule has 0 radical (unpaired) electrons. The van der Waals surface area contributed by atoms with E-state index in [1.807, 2.05) is 36.5 Å². The molecule has 5 heteroatoms. The Morgan fingerprint density at radius 1 is 1.14 bits per heavy atom. The van der Waals surface area contributed by atoms with E-state index >= 15 is 0 Å². The van der Waals surface area contributed by atoms with E-state index in [-0.39, 0.29) is 24.5 Å². The average molecular weight is 377 g/mol. The van der Waals surface area contributed by atoms with Crippen molar-refractivity contribution in [1.29, 1.82) is 0 Å². The van der Waals surface area contributed by atoms with Gasteiger partial charge in [0.15, 0.2) is 0 Å². The predicted molar refractivity (Wildman–Crippen MR) is 112 cm³/mol. The van der Waals surface area contributed by atoms with Crippen LogP contribution in [-0.2, 0) is 6.54 Å². The van der Waals surface area contributed by atoms with E-state index in [1.165, 1.54) is 0 Å². The first-order valence-corrected chi connectivity index (χ1v) is 9.81. The second-order valence-corrected chi connectivity index (χ2v) is 7.83. The Balaban J connectivity index is 1.61. The van der Waals surface area contributed by atoms with Crippen molar-refractivity contribution >= 4 is 16.8 Å². The Hall–Kier alpha value is -2.63. The highest BCUT2D eigenvalue weighted by Crippen LogP contribution is 2.40. The van der Waals surface area contributed by atoms with Crippen LogP contribution in [0.5, 0.6) is 0 Å². The van der Waals surface area contributed by atoms with Crippen molar-refractivity contribution in [3.05, 3.63) is 71.4 Å². The van der Waals surface area contributed by atoms with Gasteiger partial charge in [0.25, 0.3) is 5.91 Å². The summed E-state index contributed by atoms with van der Waals surface area (Å²) in [7, 11) is 4.10. The first-order chi connectivity index (χ1) is 13.6. The molecule has 0 saturated carbocycles. The number of para-hydroxylation sites is 1. The van der Waals surface area contributed by atoms with Crippen molar-refractivity contribution in [1.82, 2.24) is 14.8 Å². The van der Waals surface area contributed by atoms with Gasteiger partial charge in [-0.2, -0.15) is 0 Å². The molecule has 2 N–H and O–H groups in total. The van der Waals surface area contributed by atoms with Crippen molar-refractivity contribution < 1.29 is 9.90 Å². The number of aliphatic hydroxyl groups is 1. The quantitative estimate of drug-likeness (QED) is 0.694. The van der Waals surface area contributed by atoms with Crippen LogP contribution in [0.25, 0.3) is 10.9 Å². The van der Waals surface area contributed by atoms with E-state index < -0.39 is 0 Å². The maximum absolute atomic E-state index is 13.2. The van der Waals surface area contributed by atoms with Crippen molar-refractivity contribution in [2.24, 2.45) is 0 Å². The minimum absolute atomic E-state index is 0.0572. The molecule has 1 amide bonds. The smallest absolute Gasteiger partial charge is 0.253 e. The number of rotatable bonds is 6. The van der Waals surface area contributed by atoms with Crippen LogP contribution in [0.1, 0.15) is 39.9 Å². The van der Waals surface area contributed by atoms with Crippen LogP contribution in [0, 0.1) is 0 Å². The number of carbonyl (C=O) groups is 1. The number of aliphatic hydroxyl groups excluding tert-OH is 1. The van der Waals surface area contributed by atoms with Crippen LogP contribution in [0.15, 0.2) is 54.7 Å². The fraction of sp³-hybridized carbons (Fsp3) is 0.348. The highest BCUT2D eigenvalue weighted by Gasteiger charge is 2.31. The van der Waals surface area contributed by atoms with Gasteiger partial charge in [0.05, 0.1) is 18.2 Å². The molecule has 0 fully saturated rings. The molecule has 1 aromatic heterocycles. The Morgan fingerprint density at radius 2 is 1.86 bits per heavy atom. The van der Waals surface area contributed by atoms with Gasteiger partial charge in [-0.05, 0) is 37.7 Å². The zero-order valence-corrected chi connectivity index (χ0v) is 16.4. The number of hydrogen-bond acceptors (Lipinski definition) is 3. The molecule has 28 heavy (non-hydrogen) atoms. The molecule has 3 aromatic rings. The number of carbonyl (C=O) groups excluding carboxylic acids is 1. The molecule has 2 atom stereocenters. The molecule has 1 aliphatic rings. The third-order valence-electron chi connectivity index (χ3n) is 5.68. The number of amides is 1. The SMILES string of the molecule is CN(C)CCn1cc(C(=O)N[C@@H]2C[C@H](CO)c3ccccc32)c2ccccc21. The Bertz CT molecular complexity index is 992. The van der Waals surface area contributed by atoms with Gasteiger partial charge in [0.1, 0.15) is 0 Å². The van der Waals surface area contributed by atoms with Crippen LogP contribution in [-0.4, -0.2) is 47.7 Å². The summed E-state index contributed by atoms with van der Waals surface area (Å²) in [6.07, 6.45) is 2.70. The number of nitrogens with zero attached hydrogens (tertiary/aromatic N) is 2. The molecule has 1 heterocycles. The highest BCUT2D eigenvalue weighted by molar-refractivity contribution is 6.07. The normalized spacial score (nSPS) is 18.6. The maximum atomic E-state index is 13.2. The number of benzene rings is 2. The standard InChI is InChI=1S/C23H27N3O2/c1-25(2)11-12-26-14-20(19-9-5-6-10-22(19)26)23(28)24-21-13-16(15-27)17-7-3-4-8-18(17)21/h3-10,14,16,21,27H,11-13,15H2,1-2H3,(H,24,28)/t16-,21-/m1/s1. The van der Waals surface area contributed by atoms with Crippen LogP contribution in [0.2, 0.25) is 0 Å². The second-order valence-electron chi connectivity index (χ2n) is 7.83. The van der Waals surface area contributed by atoms with E-state index in [2.05, 4.69) is 47.1 Å². The molecule has 0 aliphatic heterocycles. The van der Waals surface area contributed by atoms with E-state index in [9.17, 15) is 9.90 Å². The highest BCUT2D eigenvalue weighted by atomic mass is 16.3. The minimum Gasteiger partial charge on any atom is -0.396 e. The molecule has 5 nitrogen and oxygen atoms in total. The maximum Gasteiger partial charge on any atom is 0.253 e. The molecule has 0 spiro atoms. The Labute approximate surface area is 165 Å². The second kappa shape index (κ2) is 7.78. The molecular weight excluding hydrogens is 350 g/mol. The van der Waals surface area contributed by atoms with Crippen molar-refractivity contribution in [2.75, 3.05) is 27.2 Å². The molecule has 4 rings (SSSR count). The van der Waals surface area contributed by atoms with Crippen molar-refractivity contribution in [3.8, 4) is 0 Å². The molecule has 0 unspecified atom stereocenters. The first-order valence-electron chi connectivity index (χ1n) is 9.81. The monoisotopic (exact) mass is 377 g/mol. The average Bonchev–Trinajstić information content (AvgIpc) is 3.25. The van der Waals surface area contributed by atoms with Crippen LogP contribution in [0.3, 0.4) is 0 Å². The van der Waals surface area contributed by atoms with E-state index in [4.69, 9.17) is 0 Å². The fourth-order valence-electron chi connectivity index (χ4n) is 4.20. The summed E-state index contributed by atoms with van der Waals surface area (Å²) in [6.45, 7) is 1.85. The third kappa shape index (κ3) is 3.43. The van der Waals surface area contributed by atoms with Crippen molar-refractivity contribution in [3.63, 3.8) is 0 Å². The zero-order chi connectivity index (χ0) is 19.7. The Kier molecular flexibility index (Phi) is 5.20. The van der Waals surface area contributed by atoms with Gasteiger partial charge in [-0.25, -0.2) is 0 Å². The van der Waals surface area contributed by atoms with Gasteiger partial charge in [-0.3, -0.25) is 4.79 Å². The summed E-state index contributed by atoms with van der Waals surface area (Å²) in [5.74, 6) is 0.0288. The molecule has 2 aromatic carbocycles. The molecular formula is C23H27N3O2. The van der Waals surface area contributed by atoms with Crippen molar-refractivity contribution in [2.45, 2.75) is 24.9 Å². The Morgan fingerprint density at radius 3 is 2.61 bits per heavy atom. The zero-order valence-electron chi connectivity index (χ0n) is 16.4. The van der Waals surface area contributed by atoms with E-state index in [0.29, 0.717) is 5.56 Å². The lowest BCUT2D eigenvalue weighted by molar-refractivity contribution is 0.0935. The summed E-state index contributed by atoms with van der Waals surface area (Å²) in [5.41, 5.74) is 4.05. The summed E-state index contributed by atoms with van der Waals surface area (Å²) in [4.78, 5) is 15.3. The van der Waals surface area contributed by atoms with Crippen LogP contribution < -0.4 is 5.32 Å². The van der Waals surface area contributed by atoms with Gasteiger partial charge < -0.3 is 19.9 Å². The minimum atomic E-state index is -0.0651. The first kappa shape index (κ1) is 18.7. The fourth-order valence-corrected chi connectivity index (χ4v) is 4.20.